The second-order valence-electron chi connectivity index (χ2n) is 12.5. The van der Waals surface area contributed by atoms with Crippen LogP contribution in [0.5, 0.6) is 0 Å². The zero-order chi connectivity index (χ0) is 96.0. The van der Waals surface area contributed by atoms with Crippen LogP contribution in [0.2, 0.25) is 5.02 Å². The molecule has 0 saturated carbocycles. The summed E-state index contributed by atoms with van der Waals surface area (Å²) in [7, 11) is 203. The number of halogens is 2. The van der Waals surface area contributed by atoms with Gasteiger partial charge in [0.2, 0.25) is 0 Å². The maximum atomic E-state index is 13.3. The van der Waals surface area contributed by atoms with Gasteiger partial charge in [0.15, 0.2) is 0 Å². The molecule has 0 amide bonds. The van der Waals surface area contributed by atoms with Gasteiger partial charge < -0.3 is 0 Å². The lowest BCUT2D eigenvalue weighted by Crippen LogP contribution is -1.90. The summed E-state index contributed by atoms with van der Waals surface area (Å²) in [5.74, 6) is -0.242. The Kier molecular flexibility index (Phi) is 156. The minimum atomic E-state index is -0.242. The first-order valence-electron chi connectivity index (χ1n) is 25.5. The van der Waals surface area contributed by atoms with E-state index in [2.05, 4.69) is 4.98 Å². The Hall–Kier alpha value is 22.9. The highest BCUT2D eigenvalue weighted by Gasteiger charge is 2.07. The third kappa shape index (κ3) is 123. The first kappa shape index (κ1) is 154. The summed E-state index contributed by atoms with van der Waals surface area (Å²) in [5.41, 5.74) is 4.72. The number of pyridine rings is 1. The Morgan fingerprint density at radius 1 is 0.185 bits per heavy atom. The molecule has 0 fully saturated rings. The lowest BCUT2D eigenvalue weighted by atomic mass is 10.0. The second kappa shape index (κ2) is 137. The van der Waals surface area contributed by atoms with Gasteiger partial charge in [-0.2, -0.15) is 0 Å². The highest BCUT2D eigenvalue weighted by molar-refractivity contribution is 8.89. The molecule has 1 nitrogen and oxygen atoms in total. The van der Waals surface area contributed by atoms with Crippen LogP contribution in [0.1, 0.15) is 5.56 Å². The van der Waals surface area contributed by atoms with Crippen molar-refractivity contribution in [1.82, 2.24) is 4.98 Å². The fraction of sp³-hybridized carbons (Fsp3) is 0.0556. The summed E-state index contributed by atoms with van der Waals surface area (Å²) in [6.07, 6.45) is 1.79. The number of hydrogen-bond acceptors (Lipinski definition) is 3. The quantitative estimate of drug-likeness (QED) is 0.349. The van der Waals surface area contributed by atoms with Crippen molar-refractivity contribution >= 4 is 1030 Å². The van der Waals surface area contributed by atoms with Crippen molar-refractivity contribution in [1.29, 1.82) is 0 Å². The van der Waals surface area contributed by atoms with Crippen molar-refractivity contribution in [3.8, 4) is 22.4 Å². The van der Waals surface area contributed by atoms with Gasteiger partial charge in [0.05, 0.1) is 5.69 Å². The van der Waals surface area contributed by atoms with Crippen LogP contribution in [0.4, 0.5) is 4.39 Å². The van der Waals surface area contributed by atoms with Gasteiger partial charge in [-0.05, 0) is 48.4 Å². The van der Waals surface area contributed by atoms with E-state index in [1.165, 1.54) is 29.9 Å². The van der Waals surface area contributed by atoms with E-state index in [0.29, 0.717) is 5.02 Å². The predicted molar refractivity (Wildman–Crippen MR) is 924 cm³/mol. The minimum Gasteiger partial charge on any atom is -0.256 e. The number of aryl methyl sites for hydroxylation is 1. The average molecular weight is 3950 g/mol. The van der Waals surface area contributed by atoms with Crippen molar-refractivity contribution in [2.45, 2.75) is 6.92 Å². The van der Waals surface area contributed by atoms with Crippen LogP contribution in [0, 0.1) is 12.7 Å². The van der Waals surface area contributed by atoms with E-state index in [1.54, 1.807) is 119 Å². The zero-order valence-electron chi connectivity index (χ0n) is 58.0. The van der Waals surface area contributed by atoms with E-state index in [1.807, 2.05) is 914 Å². The van der Waals surface area contributed by atoms with Gasteiger partial charge in [0.25, 0.3) is 0 Å². The lowest BCUT2D eigenvalue weighted by Gasteiger charge is -2.08. The fourth-order valence-corrected chi connectivity index (χ4v) is 306. The summed E-state index contributed by atoms with van der Waals surface area (Å²) >= 11 is 15.6. The number of benzene rings is 2. The molecular formula is C18H13ClFNS114. The normalized spacial score (nSPS) is 8.32. The molecule has 0 radical (unpaired) electrons. The van der Waals surface area contributed by atoms with Crippen LogP contribution in [0.25, 0.3) is 22.4 Å². The van der Waals surface area contributed by atoms with Gasteiger partial charge in [0.1, 0.15) is 5.82 Å². The summed E-state index contributed by atoms with van der Waals surface area (Å²) in [5, 5.41) is 0.701. The maximum Gasteiger partial charge on any atom is 0.123 e. The molecule has 0 aliphatic rings. The van der Waals surface area contributed by atoms with Gasteiger partial charge in [-0.25, -0.2) is 4.39 Å². The molecule has 2 aromatic carbocycles. The molecule has 1 aromatic heterocycles. The Labute approximate surface area is 1110 Å². The van der Waals surface area contributed by atoms with E-state index in [0.717, 1.165) is 27.9 Å². The third-order valence-corrected chi connectivity index (χ3v) is 253. The molecule has 3 aromatic rings. The molecular weight excluding hydrogens is 3940 g/mol. The largest absolute Gasteiger partial charge is 0.256 e. The van der Waals surface area contributed by atoms with Gasteiger partial charge in [-0.15, -0.1) is 0 Å². The van der Waals surface area contributed by atoms with Gasteiger partial charge in [0, 0.05) is 1040 Å². The molecule has 0 unspecified atom stereocenters. The summed E-state index contributed by atoms with van der Waals surface area (Å²) in [6, 6.07) is 16.1. The maximum absolute atomic E-state index is 13.3. The Morgan fingerprint density at radius 2 is 0.326 bits per heavy atom. The fourth-order valence-electron chi connectivity index (χ4n) is 3.54. The molecule has 117 heteroatoms. The highest BCUT2D eigenvalue weighted by Crippen LogP contribution is 2.27. The molecule has 0 saturated heterocycles. The smallest absolute Gasteiger partial charge is 0.123 e. The molecule has 788 valence electrons. The highest BCUT2D eigenvalue weighted by atomic mass is 35.5. The van der Waals surface area contributed by atoms with E-state index in [4.69, 9.17) is 34.0 Å². The SMILES string of the molecule is Cc1cc(-c2ccc(Cl)cc2)ncc1-c1cccc(F)c1.S=S=S=S=S=S=S=S=S=S=S=S=S=S=S=S=S=S=S=S=S=S=S=S=S=S=S=S=S=S=S=S=S=S=S=S=S=S=S=S=S=S=S=S=S=S=S=S=S=S=S=S=S=S=S=S=S=S=S=S=S=S=S=S=S=S=S=S=S=S=S=S=S=S=S=S=S=S=S=S=S=S=S=S=S=S=S=S=S=S=S=S=S=S=S=S=S=S=S=S=S=S=S=S=S=S=S=S=S=S=S=S=S=S. The first-order valence-corrected chi connectivity index (χ1v) is 176. The van der Waals surface area contributed by atoms with E-state index in [9.17, 15) is 4.39 Å². The Bertz CT molecular complexity index is 10100. The van der Waals surface area contributed by atoms with Gasteiger partial charge >= 0.3 is 0 Å². The summed E-state index contributed by atoms with van der Waals surface area (Å²) < 4.78 is 13.3. The van der Waals surface area contributed by atoms with Crippen LogP contribution in [0.3, 0.4) is 0 Å². The van der Waals surface area contributed by atoms with Crippen molar-refractivity contribution in [3.63, 3.8) is 0 Å². The molecule has 0 atom stereocenters. The molecule has 0 aliphatic carbocycles. The monoisotopic (exact) mass is 3940 g/mol. The first-order chi connectivity index (χ1) is 67.0. The molecule has 135 heavy (non-hydrogen) atoms. The summed E-state index contributed by atoms with van der Waals surface area (Å²) in [4.78, 5) is 4.48. The minimum absolute atomic E-state index is 0.242. The van der Waals surface area contributed by atoms with E-state index < -0.39 is 0 Å². The molecule has 0 aliphatic heterocycles. The lowest BCUT2D eigenvalue weighted by molar-refractivity contribution is 0.628. The van der Waals surface area contributed by atoms with Gasteiger partial charge in [-0.1, -0.05) is 35.9 Å². The van der Waals surface area contributed by atoms with Crippen molar-refractivity contribution < 1.29 is 4.39 Å². The van der Waals surface area contributed by atoms with Crippen LogP contribution >= 0.6 is 11.6 Å². The molecule has 0 bridgehead atoms. The van der Waals surface area contributed by atoms with Crippen LogP contribution in [-0.4, -0.2) is 4.98 Å². The summed E-state index contributed by atoms with van der Waals surface area (Å²) in [6.45, 7) is 2.00. The number of rotatable bonds is 2. The van der Waals surface area contributed by atoms with Crippen molar-refractivity contribution in [2.24, 2.45) is 0 Å². The van der Waals surface area contributed by atoms with E-state index in [-0.39, 0.29) is 5.82 Å². The zero-order valence-corrected chi connectivity index (χ0v) is 152. The standard InChI is InChI=1S/C18H13ClFN.S114/c1-12-9-18(13-5-7-15(19)8-6-13)21-11-17(12)14-3-2-4-16(20)10-14;1-3-5-7-9-11-13-15-17-19-21-23-25-27-29-31-33-35-37-39-41-43-45-47-49-51-53-55-57-59-61-63-65-67-69-71-73-75-77-79-81-83-85-87-89-91-93-95-97-99-101-103-105-107-109-111-113-114-112-110-108-106-104-102-100-98-96-94-92-90-88-86-84-82-80-78-76-74-72-70-68-66-64-62-60-58-56-54-52-50-48-46-44-42-40-38-36-34-32-30-28-26-24-22-20-18-16-14-12-10-8-6-4-2/h2-11H,1H3;. The number of hydrogen-bond donors (Lipinski definition) is 0. The van der Waals surface area contributed by atoms with E-state index >= 15 is 0 Å². The van der Waals surface area contributed by atoms with Crippen molar-refractivity contribution in [3.05, 3.63) is 77.2 Å². The molecule has 0 N–H and O–H groups in total. The molecule has 3 rings (SSSR count). The molecule has 0 spiro atoms. The second-order valence-corrected chi connectivity index (χ2v) is 211. The van der Waals surface area contributed by atoms with Crippen LogP contribution in [0.15, 0.2) is 60.8 Å². The predicted octanol–water partition coefficient (Wildman–Crippen LogP) is 5.24. The Balaban J connectivity index is 0.00000253. The Morgan fingerprint density at radius 3 is 0.452 bits per heavy atom. The number of nitrogens with zero attached hydrogens (tertiary/aromatic N) is 1. The van der Waals surface area contributed by atoms with Crippen molar-refractivity contribution in [2.75, 3.05) is 0 Å². The number of aromatic nitrogens is 1. The van der Waals surface area contributed by atoms with Crippen LogP contribution in [-0.2, 0) is 1020 Å². The topological polar surface area (TPSA) is 12.9 Å². The molecule has 1 heterocycles. The van der Waals surface area contributed by atoms with Crippen LogP contribution < -0.4 is 0 Å². The third-order valence-electron chi connectivity index (χ3n) is 6.47. The average Bonchev–Trinajstić information content (AvgIpc) is 0.816. The van der Waals surface area contributed by atoms with Gasteiger partial charge in [-0.3, -0.25) is 4.98 Å².